The second-order valence-electron chi connectivity index (χ2n) is 7.44. The number of carbonyl (C=O) groups excluding carboxylic acids is 2. The minimum absolute atomic E-state index is 0.0363. The first-order valence-corrected chi connectivity index (χ1v) is 8.41. The van der Waals surface area contributed by atoms with E-state index >= 15 is 0 Å². The maximum atomic E-state index is 12.9. The van der Waals surface area contributed by atoms with Crippen molar-refractivity contribution in [1.29, 1.82) is 0 Å². The fourth-order valence-corrected chi connectivity index (χ4v) is 5.08. The Labute approximate surface area is 136 Å². The predicted octanol–water partition coefficient (Wildman–Crippen LogP) is 2.21. The first kappa shape index (κ1) is 14.7. The quantitative estimate of drug-likeness (QED) is 0.621. The topological polar surface area (TPSA) is 55.2 Å². The summed E-state index contributed by atoms with van der Waals surface area (Å²) in [5.41, 5.74) is 4.68. The van der Waals surface area contributed by atoms with Crippen LogP contribution in [0.1, 0.15) is 37.9 Å². The number of nitrogens with zero attached hydrogens (tertiary/aromatic N) is 3. The number of aryl methyl sites for hydroxylation is 1. The minimum atomic E-state index is -0.108. The van der Waals surface area contributed by atoms with Crippen molar-refractivity contribution in [1.82, 2.24) is 14.7 Å². The molecule has 0 unspecified atom stereocenters. The van der Waals surface area contributed by atoms with E-state index < -0.39 is 0 Å². The molecule has 1 aromatic rings. The van der Waals surface area contributed by atoms with Gasteiger partial charge in [0.05, 0.1) is 24.6 Å². The SMILES string of the molecule is CC(C)=C1[C@H]2CC[C@H]1[C@@H]1C(=O)N(Cc3cnn(C)c3C)C(=O)[C@H]12. The predicted molar refractivity (Wildman–Crippen MR) is 85.1 cm³/mol. The Morgan fingerprint density at radius 3 is 2.17 bits per heavy atom. The zero-order chi connectivity index (χ0) is 16.5. The maximum Gasteiger partial charge on any atom is 0.234 e. The van der Waals surface area contributed by atoms with Crippen molar-refractivity contribution >= 4 is 11.8 Å². The highest BCUT2D eigenvalue weighted by atomic mass is 16.2. The zero-order valence-electron chi connectivity index (χ0n) is 14.2. The van der Waals surface area contributed by atoms with E-state index in [0.717, 1.165) is 24.1 Å². The molecule has 2 aliphatic carbocycles. The maximum absolute atomic E-state index is 12.9. The molecule has 0 spiro atoms. The van der Waals surface area contributed by atoms with Gasteiger partial charge in [-0.1, -0.05) is 11.1 Å². The lowest BCUT2D eigenvalue weighted by atomic mass is 9.81. The highest BCUT2D eigenvalue weighted by Gasteiger charge is 2.63. The molecular formula is C18H23N3O2. The molecule has 5 nitrogen and oxygen atoms in total. The number of carbonyl (C=O) groups is 2. The van der Waals surface area contributed by atoms with Crippen molar-refractivity contribution in [2.45, 2.75) is 40.2 Å². The van der Waals surface area contributed by atoms with Gasteiger partial charge in [0.2, 0.25) is 11.8 Å². The fourth-order valence-electron chi connectivity index (χ4n) is 5.08. The summed E-state index contributed by atoms with van der Waals surface area (Å²) in [4.78, 5) is 27.4. The van der Waals surface area contributed by atoms with Crippen molar-refractivity contribution < 1.29 is 9.59 Å². The molecule has 23 heavy (non-hydrogen) atoms. The summed E-state index contributed by atoms with van der Waals surface area (Å²) in [5, 5.41) is 4.22. The second kappa shape index (κ2) is 4.79. The fraction of sp³-hybridized carbons (Fsp3) is 0.611. The normalized spacial score (nSPS) is 32.2. The molecule has 0 N–H and O–H groups in total. The van der Waals surface area contributed by atoms with Gasteiger partial charge in [0.15, 0.2) is 0 Å². The van der Waals surface area contributed by atoms with Gasteiger partial charge in [0.25, 0.3) is 0 Å². The Kier molecular flexibility index (Phi) is 3.06. The lowest BCUT2D eigenvalue weighted by Crippen LogP contribution is -2.32. The van der Waals surface area contributed by atoms with Crippen molar-refractivity contribution in [2.75, 3.05) is 0 Å². The number of aromatic nitrogens is 2. The number of hydrogen-bond donors (Lipinski definition) is 0. The van der Waals surface area contributed by atoms with Crippen LogP contribution in [0.2, 0.25) is 0 Å². The van der Waals surface area contributed by atoms with E-state index in [0.29, 0.717) is 18.4 Å². The smallest absolute Gasteiger partial charge is 0.234 e. The molecule has 1 saturated heterocycles. The first-order valence-electron chi connectivity index (χ1n) is 8.41. The van der Waals surface area contributed by atoms with Crippen LogP contribution in [-0.2, 0) is 23.2 Å². The molecule has 4 rings (SSSR count). The van der Waals surface area contributed by atoms with Crippen LogP contribution >= 0.6 is 0 Å². The van der Waals surface area contributed by atoms with Gasteiger partial charge < -0.3 is 0 Å². The van der Waals surface area contributed by atoms with Crippen molar-refractivity contribution in [3.63, 3.8) is 0 Å². The third kappa shape index (κ3) is 1.82. The molecule has 2 amide bonds. The molecule has 0 radical (unpaired) electrons. The molecule has 2 saturated carbocycles. The van der Waals surface area contributed by atoms with Gasteiger partial charge in [0, 0.05) is 18.3 Å². The molecule has 122 valence electrons. The van der Waals surface area contributed by atoms with Crippen molar-refractivity contribution in [2.24, 2.45) is 30.7 Å². The summed E-state index contributed by atoms with van der Waals surface area (Å²) in [7, 11) is 1.88. The molecule has 1 aliphatic heterocycles. The van der Waals surface area contributed by atoms with Gasteiger partial charge in [-0.05, 0) is 45.4 Å². The highest BCUT2D eigenvalue weighted by molar-refractivity contribution is 6.06. The molecule has 3 fully saturated rings. The first-order chi connectivity index (χ1) is 10.9. The number of allylic oxidation sites excluding steroid dienone is 2. The molecule has 1 aromatic heterocycles. The molecule has 0 aromatic carbocycles. The van der Waals surface area contributed by atoms with E-state index in [-0.39, 0.29) is 23.7 Å². The van der Waals surface area contributed by atoms with Gasteiger partial charge in [-0.25, -0.2) is 0 Å². The highest BCUT2D eigenvalue weighted by Crippen LogP contribution is 2.60. The molecule has 4 atom stereocenters. The van der Waals surface area contributed by atoms with E-state index in [1.54, 1.807) is 10.9 Å². The van der Waals surface area contributed by atoms with E-state index in [9.17, 15) is 9.59 Å². The average Bonchev–Trinajstić information content (AvgIpc) is 3.21. The summed E-state index contributed by atoms with van der Waals surface area (Å²) in [5.74, 6) is 0.451. The lowest BCUT2D eigenvalue weighted by molar-refractivity contribution is -0.141. The van der Waals surface area contributed by atoms with Gasteiger partial charge in [-0.3, -0.25) is 19.2 Å². The van der Waals surface area contributed by atoms with Gasteiger partial charge in [-0.2, -0.15) is 5.10 Å². The van der Waals surface area contributed by atoms with Gasteiger partial charge >= 0.3 is 0 Å². The summed E-state index contributed by atoms with van der Waals surface area (Å²) in [6, 6.07) is 0. The Balaban J connectivity index is 1.66. The molecule has 2 heterocycles. The van der Waals surface area contributed by atoms with Crippen LogP contribution in [0.5, 0.6) is 0 Å². The number of rotatable bonds is 2. The van der Waals surface area contributed by atoms with Crippen molar-refractivity contribution in [3.8, 4) is 0 Å². The van der Waals surface area contributed by atoms with Crippen LogP contribution in [0.15, 0.2) is 17.3 Å². The Hall–Kier alpha value is -1.91. The van der Waals surface area contributed by atoms with Crippen LogP contribution in [0.25, 0.3) is 0 Å². The van der Waals surface area contributed by atoms with Gasteiger partial charge in [0.1, 0.15) is 0 Å². The standard InChI is InChI=1S/C18H23N3O2/c1-9(2)14-12-5-6-13(14)16-15(12)17(22)21(18(16)23)8-11-7-19-20(4)10(11)3/h7,12-13,15-16H,5-6,8H2,1-4H3/t12-,13-,15+,16+/m1/s1. The molecule has 2 bridgehead atoms. The summed E-state index contributed by atoms with van der Waals surface area (Å²) in [6.07, 6.45) is 3.89. The number of fused-ring (bicyclic) bond motifs is 5. The largest absolute Gasteiger partial charge is 0.277 e. The minimum Gasteiger partial charge on any atom is -0.277 e. The average molecular weight is 313 g/mol. The van der Waals surface area contributed by atoms with Crippen LogP contribution in [0.3, 0.4) is 0 Å². The zero-order valence-corrected chi connectivity index (χ0v) is 14.2. The Morgan fingerprint density at radius 1 is 1.17 bits per heavy atom. The van der Waals surface area contributed by atoms with Crippen LogP contribution in [0.4, 0.5) is 0 Å². The lowest BCUT2D eigenvalue weighted by Gasteiger charge is -2.19. The van der Waals surface area contributed by atoms with E-state index in [1.807, 2.05) is 14.0 Å². The molecule has 5 heteroatoms. The molecule has 3 aliphatic rings. The second-order valence-corrected chi connectivity index (χ2v) is 7.44. The number of amides is 2. The number of hydrogen-bond acceptors (Lipinski definition) is 3. The molecular weight excluding hydrogens is 290 g/mol. The Morgan fingerprint density at radius 2 is 1.74 bits per heavy atom. The number of likely N-dealkylation sites (tertiary alicyclic amines) is 1. The van der Waals surface area contributed by atoms with Gasteiger partial charge in [-0.15, -0.1) is 0 Å². The van der Waals surface area contributed by atoms with E-state index in [4.69, 9.17) is 0 Å². The van der Waals surface area contributed by atoms with Crippen molar-refractivity contribution in [3.05, 3.63) is 28.6 Å². The van der Waals surface area contributed by atoms with E-state index in [1.165, 1.54) is 16.0 Å². The Bertz CT molecular complexity index is 709. The van der Waals surface area contributed by atoms with Crippen LogP contribution in [0, 0.1) is 30.6 Å². The third-order valence-corrected chi connectivity index (χ3v) is 6.19. The third-order valence-electron chi connectivity index (χ3n) is 6.19. The van der Waals surface area contributed by atoms with Crippen LogP contribution in [-0.4, -0.2) is 26.5 Å². The summed E-state index contributed by atoms with van der Waals surface area (Å²) >= 11 is 0. The van der Waals surface area contributed by atoms with Crippen LogP contribution < -0.4 is 0 Å². The number of imide groups is 1. The van der Waals surface area contributed by atoms with E-state index in [2.05, 4.69) is 18.9 Å². The summed E-state index contributed by atoms with van der Waals surface area (Å²) < 4.78 is 1.78. The summed E-state index contributed by atoms with van der Waals surface area (Å²) in [6.45, 7) is 6.58. The monoisotopic (exact) mass is 313 g/mol.